The number of benzene rings is 1. The number of nitrogens with zero attached hydrogens (tertiary/aromatic N) is 1. The Morgan fingerprint density at radius 3 is 2.56 bits per heavy atom. The fourth-order valence-electron chi connectivity index (χ4n) is 2.26. The van der Waals surface area contributed by atoms with Crippen LogP contribution in [-0.4, -0.2) is 36.5 Å². The molecule has 4 heteroatoms. The van der Waals surface area contributed by atoms with Crippen LogP contribution in [0.3, 0.4) is 0 Å². The van der Waals surface area contributed by atoms with Crippen molar-refractivity contribution < 1.29 is 4.79 Å². The van der Waals surface area contributed by atoms with Crippen molar-refractivity contribution in [3.8, 4) is 0 Å². The second-order valence-electron chi connectivity index (χ2n) is 4.81. The molecule has 1 N–H and O–H groups in total. The number of halogens is 1. The van der Waals surface area contributed by atoms with E-state index in [0.29, 0.717) is 11.6 Å². The highest BCUT2D eigenvalue weighted by atomic mass is 79.9. The molecule has 0 radical (unpaired) electrons. The monoisotopic (exact) mass is 310 g/mol. The van der Waals surface area contributed by atoms with E-state index < -0.39 is 0 Å². The van der Waals surface area contributed by atoms with Crippen molar-refractivity contribution in [2.45, 2.75) is 25.8 Å². The molecule has 0 bridgehead atoms. The number of nitrogens with one attached hydrogen (secondary N) is 1. The Labute approximate surface area is 117 Å². The summed E-state index contributed by atoms with van der Waals surface area (Å²) in [5.41, 5.74) is 0.715. The van der Waals surface area contributed by atoms with E-state index in [1.54, 1.807) is 0 Å². The van der Waals surface area contributed by atoms with Gasteiger partial charge in [-0.3, -0.25) is 9.69 Å². The van der Waals surface area contributed by atoms with Gasteiger partial charge in [0.05, 0.1) is 0 Å². The summed E-state index contributed by atoms with van der Waals surface area (Å²) in [6.07, 6.45) is 2.57. The maximum atomic E-state index is 11.9. The topological polar surface area (TPSA) is 32.3 Å². The van der Waals surface area contributed by atoms with Crippen LogP contribution in [0.15, 0.2) is 28.7 Å². The highest BCUT2D eigenvalue weighted by molar-refractivity contribution is 9.10. The minimum Gasteiger partial charge on any atom is -0.350 e. The van der Waals surface area contributed by atoms with Gasteiger partial charge in [-0.05, 0) is 57.1 Å². The molecule has 0 aromatic heterocycles. The SMILES string of the molecule is C[C@H](CNC(=O)c1ccc(Br)cc1)N1CCCC1. The quantitative estimate of drug-likeness (QED) is 0.927. The molecule has 1 fully saturated rings. The van der Waals surface area contributed by atoms with E-state index in [2.05, 4.69) is 33.1 Å². The Balaban J connectivity index is 1.82. The second-order valence-corrected chi connectivity index (χ2v) is 5.72. The van der Waals surface area contributed by atoms with Crippen LogP contribution in [0.4, 0.5) is 0 Å². The molecular weight excluding hydrogens is 292 g/mol. The molecule has 1 aliphatic heterocycles. The van der Waals surface area contributed by atoms with Gasteiger partial charge in [-0.2, -0.15) is 0 Å². The zero-order valence-corrected chi connectivity index (χ0v) is 12.2. The highest BCUT2D eigenvalue weighted by Crippen LogP contribution is 2.12. The van der Waals surface area contributed by atoms with Crippen LogP contribution >= 0.6 is 15.9 Å². The highest BCUT2D eigenvalue weighted by Gasteiger charge is 2.18. The maximum absolute atomic E-state index is 11.9. The molecule has 1 saturated heterocycles. The summed E-state index contributed by atoms with van der Waals surface area (Å²) in [5, 5.41) is 3.00. The Bertz CT molecular complexity index is 399. The summed E-state index contributed by atoms with van der Waals surface area (Å²) in [6, 6.07) is 7.87. The van der Waals surface area contributed by atoms with Crippen LogP contribution in [0, 0.1) is 0 Å². The van der Waals surface area contributed by atoms with Gasteiger partial charge in [-0.25, -0.2) is 0 Å². The number of amides is 1. The van der Waals surface area contributed by atoms with Crippen molar-refractivity contribution >= 4 is 21.8 Å². The minimum atomic E-state index is 0.00791. The van der Waals surface area contributed by atoms with Gasteiger partial charge in [0.25, 0.3) is 5.91 Å². The average molecular weight is 311 g/mol. The Kier molecular flexibility index (Phi) is 4.78. The van der Waals surface area contributed by atoms with E-state index in [0.717, 1.165) is 24.1 Å². The van der Waals surface area contributed by atoms with Crippen LogP contribution in [0.5, 0.6) is 0 Å². The molecule has 0 aliphatic carbocycles. The van der Waals surface area contributed by atoms with Gasteiger partial charge in [-0.1, -0.05) is 15.9 Å². The zero-order valence-electron chi connectivity index (χ0n) is 10.7. The van der Waals surface area contributed by atoms with Crippen molar-refractivity contribution in [3.05, 3.63) is 34.3 Å². The molecular formula is C14H19BrN2O. The number of hydrogen-bond acceptors (Lipinski definition) is 2. The smallest absolute Gasteiger partial charge is 0.251 e. The lowest BCUT2D eigenvalue weighted by atomic mass is 10.2. The van der Waals surface area contributed by atoms with Crippen molar-refractivity contribution in [2.24, 2.45) is 0 Å². The third kappa shape index (κ3) is 3.56. The van der Waals surface area contributed by atoms with Crippen LogP contribution in [0.2, 0.25) is 0 Å². The number of carbonyl (C=O) groups is 1. The largest absolute Gasteiger partial charge is 0.350 e. The van der Waals surface area contributed by atoms with E-state index in [1.165, 1.54) is 12.8 Å². The predicted molar refractivity (Wildman–Crippen MR) is 76.7 cm³/mol. The molecule has 1 atom stereocenters. The van der Waals surface area contributed by atoms with Gasteiger partial charge in [0.2, 0.25) is 0 Å². The molecule has 2 rings (SSSR count). The fraction of sp³-hybridized carbons (Fsp3) is 0.500. The molecule has 98 valence electrons. The van der Waals surface area contributed by atoms with Gasteiger partial charge >= 0.3 is 0 Å². The van der Waals surface area contributed by atoms with Gasteiger partial charge in [0.1, 0.15) is 0 Å². The van der Waals surface area contributed by atoms with Crippen LogP contribution < -0.4 is 5.32 Å². The molecule has 3 nitrogen and oxygen atoms in total. The summed E-state index contributed by atoms with van der Waals surface area (Å²) < 4.78 is 0.990. The lowest BCUT2D eigenvalue weighted by molar-refractivity contribution is 0.0940. The summed E-state index contributed by atoms with van der Waals surface area (Å²) >= 11 is 3.36. The zero-order chi connectivity index (χ0) is 13.0. The minimum absolute atomic E-state index is 0.00791. The standard InChI is InChI=1S/C14H19BrN2O/c1-11(17-8-2-3-9-17)10-16-14(18)12-4-6-13(15)7-5-12/h4-7,11H,2-3,8-10H2,1H3,(H,16,18)/t11-/m1/s1. The van der Waals surface area contributed by atoms with E-state index >= 15 is 0 Å². The number of hydrogen-bond donors (Lipinski definition) is 1. The molecule has 1 aromatic carbocycles. The van der Waals surface area contributed by atoms with Crippen molar-refractivity contribution in [1.29, 1.82) is 0 Å². The lowest BCUT2D eigenvalue weighted by Gasteiger charge is -2.23. The average Bonchev–Trinajstić information content (AvgIpc) is 2.90. The van der Waals surface area contributed by atoms with Crippen LogP contribution in [0.1, 0.15) is 30.1 Å². The lowest BCUT2D eigenvalue weighted by Crippen LogP contribution is -2.40. The third-order valence-electron chi connectivity index (χ3n) is 3.43. The first-order chi connectivity index (χ1) is 8.66. The fourth-order valence-corrected chi connectivity index (χ4v) is 2.52. The van der Waals surface area contributed by atoms with Crippen molar-refractivity contribution in [2.75, 3.05) is 19.6 Å². The number of rotatable bonds is 4. The van der Waals surface area contributed by atoms with E-state index in [1.807, 2.05) is 24.3 Å². The molecule has 1 aromatic rings. The van der Waals surface area contributed by atoms with Crippen LogP contribution in [-0.2, 0) is 0 Å². The van der Waals surface area contributed by atoms with Crippen molar-refractivity contribution in [1.82, 2.24) is 10.2 Å². The Morgan fingerprint density at radius 2 is 1.94 bits per heavy atom. The van der Waals surface area contributed by atoms with Gasteiger partial charge < -0.3 is 5.32 Å². The Morgan fingerprint density at radius 1 is 1.33 bits per heavy atom. The first-order valence-corrected chi connectivity index (χ1v) is 7.24. The maximum Gasteiger partial charge on any atom is 0.251 e. The summed E-state index contributed by atoms with van der Waals surface area (Å²) in [7, 11) is 0. The normalized spacial score (nSPS) is 17.7. The molecule has 1 aliphatic rings. The van der Waals surface area contributed by atoms with E-state index in [4.69, 9.17) is 0 Å². The molecule has 0 spiro atoms. The first-order valence-electron chi connectivity index (χ1n) is 6.44. The molecule has 1 heterocycles. The third-order valence-corrected chi connectivity index (χ3v) is 3.96. The molecule has 0 saturated carbocycles. The van der Waals surface area contributed by atoms with Gasteiger partial charge in [-0.15, -0.1) is 0 Å². The molecule has 18 heavy (non-hydrogen) atoms. The predicted octanol–water partition coefficient (Wildman–Crippen LogP) is 2.66. The van der Waals surface area contributed by atoms with E-state index in [9.17, 15) is 4.79 Å². The second kappa shape index (κ2) is 6.34. The van der Waals surface area contributed by atoms with Crippen molar-refractivity contribution in [3.63, 3.8) is 0 Å². The molecule has 1 amide bonds. The van der Waals surface area contributed by atoms with Gasteiger partial charge in [0.15, 0.2) is 0 Å². The number of likely N-dealkylation sites (tertiary alicyclic amines) is 1. The van der Waals surface area contributed by atoms with E-state index in [-0.39, 0.29) is 5.91 Å². The summed E-state index contributed by atoms with van der Waals surface area (Å²) in [5.74, 6) is 0.00791. The first kappa shape index (κ1) is 13.6. The van der Waals surface area contributed by atoms with Crippen LogP contribution in [0.25, 0.3) is 0 Å². The summed E-state index contributed by atoms with van der Waals surface area (Å²) in [6.45, 7) is 5.22. The molecule has 0 unspecified atom stereocenters. The summed E-state index contributed by atoms with van der Waals surface area (Å²) in [4.78, 5) is 14.4. The Hall–Kier alpha value is -0.870. The van der Waals surface area contributed by atoms with Gasteiger partial charge in [0, 0.05) is 22.6 Å². The number of carbonyl (C=O) groups excluding carboxylic acids is 1.